The number of hydrogen-bond donors (Lipinski definition) is 1. The van der Waals surface area contributed by atoms with Gasteiger partial charge in [-0.3, -0.25) is 4.79 Å². The van der Waals surface area contributed by atoms with E-state index < -0.39 is 5.60 Å². The lowest BCUT2D eigenvalue weighted by molar-refractivity contribution is 0.0574. The summed E-state index contributed by atoms with van der Waals surface area (Å²) >= 11 is 1.50. The first kappa shape index (κ1) is 11.6. The van der Waals surface area contributed by atoms with Crippen molar-refractivity contribution in [1.82, 2.24) is 4.90 Å². The summed E-state index contributed by atoms with van der Waals surface area (Å²) in [5.74, 6) is 0.0737. The van der Waals surface area contributed by atoms with Crippen LogP contribution in [0.2, 0.25) is 0 Å². The van der Waals surface area contributed by atoms with Crippen LogP contribution in [-0.4, -0.2) is 34.6 Å². The van der Waals surface area contributed by atoms with Crippen LogP contribution < -0.4 is 0 Å². The second-order valence-electron chi connectivity index (χ2n) is 4.60. The number of hydrogen-bond acceptors (Lipinski definition) is 3. The summed E-state index contributed by atoms with van der Waals surface area (Å²) in [7, 11) is 0. The Kier molecular flexibility index (Phi) is 3.04. The molecule has 2 heterocycles. The van der Waals surface area contributed by atoms with Gasteiger partial charge in [-0.05, 0) is 36.8 Å². The summed E-state index contributed by atoms with van der Waals surface area (Å²) in [5, 5.41) is 11.8. The zero-order valence-electron chi connectivity index (χ0n) is 9.69. The van der Waals surface area contributed by atoms with E-state index in [4.69, 9.17) is 0 Å². The molecule has 1 amide bonds. The number of carbonyl (C=O) groups is 1. The van der Waals surface area contributed by atoms with Crippen LogP contribution in [-0.2, 0) is 6.42 Å². The van der Waals surface area contributed by atoms with Crippen LogP contribution in [0.25, 0.3) is 0 Å². The normalized spacial score (nSPS) is 25.1. The van der Waals surface area contributed by atoms with Gasteiger partial charge < -0.3 is 10.0 Å². The molecule has 3 nitrogen and oxygen atoms in total. The minimum atomic E-state index is -0.709. The first-order valence-electron chi connectivity index (χ1n) is 5.61. The van der Waals surface area contributed by atoms with E-state index in [0.29, 0.717) is 19.5 Å². The monoisotopic (exact) mass is 239 g/mol. The van der Waals surface area contributed by atoms with Gasteiger partial charge in [0.15, 0.2) is 0 Å². The van der Waals surface area contributed by atoms with E-state index in [2.05, 4.69) is 6.92 Å². The predicted octanol–water partition coefficient (Wildman–Crippen LogP) is 1.91. The van der Waals surface area contributed by atoms with Crippen molar-refractivity contribution in [3.05, 3.63) is 21.9 Å². The molecule has 2 rings (SSSR count). The number of aliphatic hydroxyl groups is 1. The predicted molar refractivity (Wildman–Crippen MR) is 64.8 cm³/mol. The third kappa shape index (κ3) is 2.13. The zero-order chi connectivity index (χ0) is 11.8. The highest BCUT2D eigenvalue weighted by atomic mass is 32.1. The number of nitrogens with zero attached hydrogens (tertiary/aromatic N) is 1. The standard InChI is InChI=1S/C12H17NO2S/c1-3-9-4-7-16-10(9)11(14)13-6-5-12(2,15)8-13/h4,7,15H,3,5-6,8H2,1-2H3. The first-order chi connectivity index (χ1) is 7.53. The molecular formula is C12H17NO2S. The van der Waals surface area contributed by atoms with Gasteiger partial charge in [0.25, 0.3) is 5.91 Å². The summed E-state index contributed by atoms with van der Waals surface area (Å²) in [6.07, 6.45) is 1.56. The molecule has 1 N–H and O–H groups in total. The Hall–Kier alpha value is -0.870. The average molecular weight is 239 g/mol. The molecule has 88 valence electrons. The van der Waals surface area contributed by atoms with Gasteiger partial charge in [0, 0.05) is 13.1 Å². The summed E-state index contributed by atoms with van der Waals surface area (Å²) in [5.41, 5.74) is 0.404. The van der Waals surface area contributed by atoms with Gasteiger partial charge >= 0.3 is 0 Å². The maximum atomic E-state index is 12.2. The molecule has 0 bridgehead atoms. The van der Waals surface area contributed by atoms with Crippen molar-refractivity contribution in [2.24, 2.45) is 0 Å². The number of rotatable bonds is 2. The van der Waals surface area contributed by atoms with E-state index in [9.17, 15) is 9.90 Å². The van der Waals surface area contributed by atoms with Crippen molar-refractivity contribution in [3.8, 4) is 0 Å². The van der Waals surface area contributed by atoms with Gasteiger partial charge in [0.1, 0.15) is 0 Å². The molecule has 1 aliphatic heterocycles. The van der Waals surface area contributed by atoms with E-state index in [-0.39, 0.29) is 5.91 Å². The fourth-order valence-electron chi connectivity index (χ4n) is 2.06. The Labute approximate surface area is 99.7 Å². The Bertz CT molecular complexity index is 397. The minimum absolute atomic E-state index is 0.0737. The van der Waals surface area contributed by atoms with Gasteiger partial charge in [-0.25, -0.2) is 0 Å². The number of likely N-dealkylation sites (tertiary alicyclic amines) is 1. The lowest BCUT2D eigenvalue weighted by Gasteiger charge is -2.18. The molecule has 4 heteroatoms. The van der Waals surface area contributed by atoms with E-state index in [1.165, 1.54) is 11.3 Å². The van der Waals surface area contributed by atoms with Crippen molar-refractivity contribution in [2.45, 2.75) is 32.3 Å². The lowest BCUT2D eigenvalue weighted by Crippen LogP contribution is -2.33. The molecule has 1 aromatic rings. The third-order valence-corrected chi connectivity index (χ3v) is 4.01. The highest BCUT2D eigenvalue weighted by Crippen LogP contribution is 2.25. The maximum Gasteiger partial charge on any atom is 0.264 e. The van der Waals surface area contributed by atoms with Crippen molar-refractivity contribution < 1.29 is 9.90 Å². The van der Waals surface area contributed by atoms with Crippen molar-refractivity contribution in [1.29, 1.82) is 0 Å². The van der Waals surface area contributed by atoms with E-state index in [0.717, 1.165) is 16.9 Å². The van der Waals surface area contributed by atoms with Crippen LogP contribution in [0.5, 0.6) is 0 Å². The molecule has 1 fully saturated rings. The van der Waals surface area contributed by atoms with E-state index in [1.54, 1.807) is 11.8 Å². The van der Waals surface area contributed by atoms with Crippen molar-refractivity contribution >= 4 is 17.2 Å². The molecule has 1 aromatic heterocycles. The molecule has 0 spiro atoms. The minimum Gasteiger partial charge on any atom is -0.388 e. The molecule has 1 atom stereocenters. The van der Waals surface area contributed by atoms with Crippen LogP contribution >= 0.6 is 11.3 Å². The maximum absolute atomic E-state index is 12.2. The number of aryl methyl sites for hydroxylation is 1. The molecule has 1 saturated heterocycles. The zero-order valence-corrected chi connectivity index (χ0v) is 10.5. The topological polar surface area (TPSA) is 40.5 Å². The molecule has 0 radical (unpaired) electrons. The van der Waals surface area contributed by atoms with Crippen LogP contribution in [0.1, 0.15) is 35.5 Å². The third-order valence-electron chi connectivity index (χ3n) is 3.06. The second kappa shape index (κ2) is 4.18. The number of carbonyl (C=O) groups excluding carboxylic acids is 1. The molecule has 0 aromatic carbocycles. The quantitative estimate of drug-likeness (QED) is 0.856. The molecule has 0 aliphatic carbocycles. The van der Waals surface area contributed by atoms with Crippen LogP contribution in [0.4, 0.5) is 0 Å². The highest BCUT2D eigenvalue weighted by Gasteiger charge is 2.35. The lowest BCUT2D eigenvalue weighted by atomic mass is 10.1. The molecule has 1 aliphatic rings. The van der Waals surface area contributed by atoms with E-state index >= 15 is 0 Å². The van der Waals surface area contributed by atoms with Crippen LogP contribution in [0.3, 0.4) is 0 Å². The fraction of sp³-hybridized carbons (Fsp3) is 0.583. The smallest absolute Gasteiger partial charge is 0.264 e. The molecule has 0 saturated carbocycles. The Morgan fingerprint density at radius 2 is 2.44 bits per heavy atom. The van der Waals surface area contributed by atoms with Crippen molar-refractivity contribution in [3.63, 3.8) is 0 Å². The van der Waals surface area contributed by atoms with Crippen LogP contribution in [0, 0.1) is 0 Å². The Morgan fingerprint density at radius 3 is 3.00 bits per heavy atom. The summed E-state index contributed by atoms with van der Waals surface area (Å²) in [4.78, 5) is 14.8. The summed E-state index contributed by atoms with van der Waals surface area (Å²) in [6.45, 7) is 4.95. The molecule has 16 heavy (non-hydrogen) atoms. The highest BCUT2D eigenvalue weighted by molar-refractivity contribution is 7.12. The van der Waals surface area contributed by atoms with Gasteiger partial charge in [0.2, 0.25) is 0 Å². The van der Waals surface area contributed by atoms with Gasteiger partial charge in [-0.15, -0.1) is 11.3 Å². The van der Waals surface area contributed by atoms with Gasteiger partial charge in [-0.2, -0.15) is 0 Å². The largest absolute Gasteiger partial charge is 0.388 e. The summed E-state index contributed by atoms with van der Waals surface area (Å²) in [6, 6.07) is 2.01. The second-order valence-corrected chi connectivity index (χ2v) is 5.52. The van der Waals surface area contributed by atoms with Crippen LogP contribution in [0.15, 0.2) is 11.4 Å². The Morgan fingerprint density at radius 1 is 1.69 bits per heavy atom. The van der Waals surface area contributed by atoms with Gasteiger partial charge in [0.05, 0.1) is 10.5 Å². The SMILES string of the molecule is CCc1ccsc1C(=O)N1CCC(C)(O)C1. The fourth-order valence-corrected chi connectivity index (χ4v) is 3.03. The first-order valence-corrected chi connectivity index (χ1v) is 6.49. The number of amides is 1. The average Bonchev–Trinajstić information content (AvgIpc) is 2.82. The van der Waals surface area contributed by atoms with E-state index in [1.807, 2.05) is 11.4 Å². The Balaban J connectivity index is 2.15. The molecular weight excluding hydrogens is 222 g/mol. The summed E-state index contributed by atoms with van der Waals surface area (Å²) < 4.78 is 0. The molecule has 1 unspecified atom stereocenters. The van der Waals surface area contributed by atoms with Gasteiger partial charge in [-0.1, -0.05) is 6.92 Å². The van der Waals surface area contributed by atoms with Crippen molar-refractivity contribution in [2.75, 3.05) is 13.1 Å². The number of thiophene rings is 1. The number of β-amino-alcohol motifs (C(OH)–C–C–N with tert-alkyl or cyclic N) is 1.